The van der Waals surface area contributed by atoms with Crippen molar-refractivity contribution in [3.8, 4) is 5.75 Å². The maximum Gasteiger partial charge on any atom is 0.245 e. The number of ether oxygens (including phenoxy) is 1. The first-order valence-electron chi connectivity index (χ1n) is 6.94. The molecule has 1 aliphatic heterocycles. The van der Waals surface area contributed by atoms with Gasteiger partial charge in [-0.05, 0) is 56.9 Å². The summed E-state index contributed by atoms with van der Waals surface area (Å²) in [5, 5.41) is -0.530. The molecule has 1 heterocycles. The molecule has 4 heteroatoms. The molecule has 0 saturated carbocycles. The first kappa shape index (κ1) is 15.2. The average molecular weight is 296 g/mol. The van der Waals surface area contributed by atoms with Crippen molar-refractivity contribution in [1.82, 2.24) is 0 Å². The van der Waals surface area contributed by atoms with Crippen molar-refractivity contribution < 1.29 is 9.53 Å². The van der Waals surface area contributed by atoms with Gasteiger partial charge in [-0.2, -0.15) is 0 Å². The van der Waals surface area contributed by atoms with Crippen molar-refractivity contribution in [2.45, 2.75) is 50.9 Å². The lowest BCUT2D eigenvalue weighted by atomic mass is 9.80. The van der Waals surface area contributed by atoms with Crippen LogP contribution >= 0.6 is 11.6 Å². The molecule has 2 atom stereocenters. The Labute approximate surface area is 125 Å². The first-order chi connectivity index (χ1) is 9.27. The topological polar surface area (TPSA) is 29.5 Å². The SMILES string of the molecule is COc1ccc2c(c1)[C@H](C)CC(C)(C)N2C(=O)[C@@H](C)Cl. The second-order valence-corrected chi connectivity index (χ2v) is 6.79. The van der Waals surface area contributed by atoms with Crippen LogP contribution in [-0.2, 0) is 4.79 Å². The van der Waals surface area contributed by atoms with Gasteiger partial charge in [-0.3, -0.25) is 4.79 Å². The molecular formula is C16H22ClNO2. The van der Waals surface area contributed by atoms with Crippen LogP contribution in [0.15, 0.2) is 18.2 Å². The van der Waals surface area contributed by atoms with Crippen LogP contribution < -0.4 is 9.64 Å². The minimum absolute atomic E-state index is 0.0463. The summed E-state index contributed by atoms with van der Waals surface area (Å²) in [4.78, 5) is 14.3. The van der Waals surface area contributed by atoms with Crippen LogP contribution in [0.1, 0.15) is 45.6 Å². The molecule has 0 bridgehead atoms. The highest BCUT2D eigenvalue weighted by molar-refractivity contribution is 6.32. The lowest BCUT2D eigenvalue weighted by Gasteiger charge is -2.46. The first-order valence-corrected chi connectivity index (χ1v) is 7.37. The van der Waals surface area contributed by atoms with Crippen molar-refractivity contribution in [1.29, 1.82) is 0 Å². The highest BCUT2D eigenvalue weighted by Crippen LogP contribution is 2.45. The van der Waals surface area contributed by atoms with Crippen molar-refractivity contribution in [2.24, 2.45) is 0 Å². The van der Waals surface area contributed by atoms with Crippen LogP contribution in [0.5, 0.6) is 5.75 Å². The molecule has 1 amide bonds. The lowest BCUT2D eigenvalue weighted by Crippen LogP contribution is -2.53. The van der Waals surface area contributed by atoms with Crippen LogP contribution in [0.2, 0.25) is 0 Å². The Morgan fingerprint density at radius 1 is 1.50 bits per heavy atom. The minimum atomic E-state index is -0.530. The molecule has 0 aliphatic carbocycles. The van der Waals surface area contributed by atoms with E-state index in [1.165, 1.54) is 0 Å². The summed E-state index contributed by atoms with van der Waals surface area (Å²) in [6.45, 7) is 8.09. The van der Waals surface area contributed by atoms with Crippen LogP contribution in [-0.4, -0.2) is 23.9 Å². The van der Waals surface area contributed by atoms with Crippen LogP contribution in [0.4, 0.5) is 5.69 Å². The number of anilines is 1. The second kappa shape index (κ2) is 5.28. The number of hydrogen-bond acceptors (Lipinski definition) is 2. The van der Waals surface area contributed by atoms with Gasteiger partial charge in [0.1, 0.15) is 11.1 Å². The number of rotatable bonds is 2. The molecule has 1 aliphatic rings. The number of hydrogen-bond donors (Lipinski definition) is 0. The van der Waals surface area contributed by atoms with E-state index >= 15 is 0 Å². The van der Waals surface area contributed by atoms with E-state index in [1.807, 2.05) is 23.1 Å². The number of carbonyl (C=O) groups is 1. The monoisotopic (exact) mass is 295 g/mol. The van der Waals surface area contributed by atoms with Gasteiger partial charge in [0.15, 0.2) is 0 Å². The van der Waals surface area contributed by atoms with Gasteiger partial charge < -0.3 is 9.64 Å². The fraction of sp³-hybridized carbons (Fsp3) is 0.562. The predicted molar refractivity (Wildman–Crippen MR) is 82.9 cm³/mol. The quantitative estimate of drug-likeness (QED) is 0.773. The molecule has 1 aromatic rings. The van der Waals surface area contributed by atoms with E-state index in [0.29, 0.717) is 5.92 Å². The summed E-state index contributed by atoms with van der Waals surface area (Å²) in [6.07, 6.45) is 0.905. The van der Waals surface area contributed by atoms with Gasteiger partial charge in [0.25, 0.3) is 0 Å². The summed E-state index contributed by atoms with van der Waals surface area (Å²) in [5.74, 6) is 1.15. The number of alkyl halides is 1. The zero-order valence-corrected chi connectivity index (χ0v) is 13.5. The number of nitrogens with zero attached hydrogens (tertiary/aromatic N) is 1. The molecule has 0 unspecified atom stereocenters. The normalized spacial score (nSPS) is 22.1. The predicted octanol–water partition coefficient (Wildman–Crippen LogP) is 3.94. The molecule has 0 spiro atoms. The van der Waals surface area contributed by atoms with Gasteiger partial charge in [0.05, 0.1) is 7.11 Å². The number of carbonyl (C=O) groups excluding carboxylic acids is 1. The van der Waals surface area contributed by atoms with E-state index in [0.717, 1.165) is 23.4 Å². The van der Waals surface area contributed by atoms with Crippen molar-refractivity contribution >= 4 is 23.2 Å². The summed E-state index contributed by atoms with van der Waals surface area (Å²) in [7, 11) is 1.66. The van der Waals surface area contributed by atoms with E-state index < -0.39 is 5.38 Å². The molecule has 20 heavy (non-hydrogen) atoms. The molecular weight excluding hydrogens is 274 g/mol. The number of methoxy groups -OCH3 is 1. The molecule has 0 radical (unpaired) electrons. The van der Waals surface area contributed by atoms with E-state index in [-0.39, 0.29) is 11.4 Å². The van der Waals surface area contributed by atoms with Gasteiger partial charge >= 0.3 is 0 Å². The molecule has 0 fully saturated rings. The number of halogens is 1. The molecule has 110 valence electrons. The third-order valence-corrected chi connectivity index (χ3v) is 4.16. The fourth-order valence-electron chi connectivity index (χ4n) is 3.13. The standard InChI is InChI=1S/C16H22ClNO2/c1-10-9-16(3,4)18(15(19)11(2)17)14-7-6-12(20-5)8-13(10)14/h6-8,10-11H,9H2,1-5H3/t10-,11-/m1/s1. The third-order valence-electron chi connectivity index (χ3n) is 3.98. The summed E-state index contributed by atoms with van der Waals surface area (Å²) < 4.78 is 5.29. The maximum absolute atomic E-state index is 12.5. The van der Waals surface area contributed by atoms with Gasteiger partial charge in [0, 0.05) is 11.2 Å². The Balaban J connectivity index is 2.57. The van der Waals surface area contributed by atoms with Gasteiger partial charge in [-0.15, -0.1) is 11.6 Å². The molecule has 2 rings (SSSR count). The van der Waals surface area contributed by atoms with Crippen molar-refractivity contribution in [3.05, 3.63) is 23.8 Å². The Kier molecular flexibility index (Phi) is 4.01. The summed E-state index contributed by atoms with van der Waals surface area (Å²) in [5.41, 5.74) is 1.86. The van der Waals surface area contributed by atoms with E-state index in [4.69, 9.17) is 16.3 Å². The van der Waals surface area contributed by atoms with Gasteiger partial charge in [-0.1, -0.05) is 6.92 Å². The number of benzene rings is 1. The largest absolute Gasteiger partial charge is 0.497 e. The fourth-order valence-corrected chi connectivity index (χ4v) is 3.23. The zero-order chi connectivity index (χ0) is 15.1. The van der Waals surface area contributed by atoms with Crippen LogP contribution in [0.25, 0.3) is 0 Å². The minimum Gasteiger partial charge on any atom is -0.497 e. The Morgan fingerprint density at radius 2 is 2.15 bits per heavy atom. The number of amides is 1. The average Bonchev–Trinajstić information content (AvgIpc) is 2.37. The molecule has 0 saturated heterocycles. The Morgan fingerprint density at radius 3 is 2.70 bits per heavy atom. The highest BCUT2D eigenvalue weighted by Gasteiger charge is 2.41. The third kappa shape index (κ3) is 2.51. The smallest absolute Gasteiger partial charge is 0.245 e. The van der Waals surface area contributed by atoms with Crippen LogP contribution in [0.3, 0.4) is 0 Å². The zero-order valence-electron chi connectivity index (χ0n) is 12.7. The Hall–Kier alpha value is -1.22. The Bertz CT molecular complexity index is 525. The molecule has 0 aromatic heterocycles. The lowest BCUT2D eigenvalue weighted by molar-refractivity contribution is -0.119. The second-order valence-electron chi connectivity index (χ2n) is 6.13. The van der Waals surface area contributed by atoms with E-state index in [9.17, 15) is 4.79 Å². The van der Waals surface area contributed by atoms with E-state index in [1.54, 1.807) is 14.0 Å². The summed E-state index contributed by atoms with van der Waals surface area (Å²) >= 11 is 6.03. The molecule has 1 aromatic carbocycles. The van der Waals surface area contributed by atoms with E-state index in [2.05, 4.69) is 20.8 Å². The summed E-state index contributed by atoms with van der Waals surface area (Å²) in [6, 6.07) is 5.88. The molecule has 3 nitrogen and oxygen atoms in total. The van der Waals surface area contributed by atoms with Crippen molar-refractivity contribution in [3.63, 3.8) is 0 Å². The van der Waals surface area contributed by atoms with Gasteiger partial charge in [0.2, 0.25) is 5.91 Å². The van der Waals surface area contributed by atoms with Gasteiger partial charge in [-0.25, -0.2) is 0 Å². The molecule has 0 N–H and O–H groups in total. The maximum atomic E-state index is 12.5. The highest BCUT2D eigenvalue weighted by atomic mass is 35.5. The van der Waals surface area contributed by atoms with Crippen molar-refractivity contribution in [2.75, 3.05) is 12.0 Å². The van der Waals surface area contributed by atoms with Crippen LogP contribution in [0, 0.1) is 0 Å². The number of fused-ring (bicyclic) bond motifs is 1.